The van der Waals surface area contributed by atoms with Crippen LogP contribution < -0.4 is 5.32 Å². The maximum absolute atomic E-state index is 12.7. The molecule has 18 heavy (non-hydrogen) atoms. The van der Waals surface area contributed by atoms with E-state index in [-0.39, 0.29) is 17.9 Å². The predicted molar refractivity (Wildman–Crippen MR) is 66.9 cm³/mol. The van der Waals surface area contributed by atoms with Gasteiger partial charge in [-0.2, -0.15) is 0 Å². The molecular weight excluding hydrogens is 232 g/mol. The third-order valence-electron chi connectivity index (χ3n) is 4.05. The summed E-state index contributed by atoms with van der Waals surface area (Å²) in [6.45, 7) is 4.84. The van der Waals surface area contributed by atoms with Crippen LogP contribution in [0.4, 0.5) is 0 Å². The standard InChI is InChI=1S/C13H22N2O3/c1-9-8-11(16)14-13(2,10-4-5-10)12(17)15(9)6-7-18-3/h9-10H,4-8H2,1-3H3,(H,14,16). The van der Waals surface area contributed by atoms with E-state index in [1.165, 1.54) is 0 Å². The highest BCUT2D eigenvalue weighted by Crippen LogP contribution is 2.41. The van der Waals surface area contributed by atoms with Crippen molar-refractivity contribution in [2.75, 3.05) is 20.3 Å². The van der Waals surface area contributed by atoms with Crippen molar-refractivity contribution in [1.82, 2.24) is 10.2 Å². The first-order valence-electron chi connectivity index (χ1n) is 6.60. The monoisotopic (exact) mass is 254 g/mol. The Hall–Kier alpha value is -1.10. The van der Waals surface area contributed by atoms with E-state index in [0.29, 0.717) is 25.5 Å². The molecule has 2 aliphatic rings. The fourth-order valence-electron chi connectivity index (χ4n) is 2.72. The van der Waals surface area contributed by atoms with E-state index in [2.05, 4.69) is 5.32 Å². The highest BCUT2D eigenvalue weighted by molar-refractivity contribution is 5.94. The van der Waals surface area contributed by atoms with Gasteiger partial charge in [0, 0.05) is 26.1 Å². The number of ether oxygens (including phenoxy) is 1. The quantitative estimate of drug-likeness (QED) is 0.796. The lowest BCUT2D eigenvalue weighted by Gasteiger charge is -2.34. The molecule has 0 aromatic heterocycles. The molecule has 0 bridgehead atoms. The second kappa shape index (κ2) is 4.88. The Labute approximate surface area is 108 Å². The minimum absolute atomic E-state index is 0.0230. The second-order valence-electron chi connectivity index (χ2n) is 5.57. The van der Waals surface area contributed by atoms with E-state index < -0.39 is 5.54 Å². The number of nitrogens with one attached hydrogen (secondary N) is 1. The predicted octanol–water partition coefficient (Wildman–Crippen LogP) is 0.538. The van der Waals surface area contributed by atoms with Crippen LogP contribution in [0.15, 0.2) is 0 Å². The minimum Gasteiger partial charge on any atom is -0.383 e. The zero-order valence-electron chi connectivity index (χ0n) is 11.4. The van der Waals surface area contributed by atoms with Crippen molar-refractivity contribution < 1.29 is 14.3 Å². The molecule has 1 aliphatic heterocycles. The molecule has 0 aromatic carbocycles. The lowest BCUT2D eigenvalue weighted by Crippen LogP contribution is -2.57. The van der Waals surface area contributed by atoms with E-state index in [0.717, 1.165) is 12.8 Å². The number of nitrogens with zero attached hydrogens (tertiary/aromatic N) is 1. The van der Waals surface area contributed by atoms with Gasteiger partial charge >= 0.3 is 0 Å². The summed E-state index contributed by atoms with van der Waals surface area (Å²) in [4.78, 5) is 26.3. The minimum atomic E-state index is -0.713. The summed E-state index contributed by atoms with van der Waals surface area (Å²) in [6, 6.07) is -0.0618. The molecule has 1 heterocycles. The molecule has 0 radical (unpaired) electrons. The topological polar surface area (TPSA) is 58.6 Å². The molecule has 2 fully saturated rings. The lowest BCUT2D eigenvalue weighted by atomic mass is 9.94. The van der Waals surface area contributed by atoms with Crippen LogP contribution in [0.5, 0.6) is 0 Å². The van der Waals surface area contributed by atoms with Gasteiger partial charge in [-0.25, -0.2) is 0 Å². The van der Waals surface area contributed by atoms with Gasteiger partial charge in [0.25, 0.3) is 0 Å². The van der Waals surface area contributed by atoms with Crippen LogP contribution in [-0.2, 0) is 14.3 Å². The van der Waals surface area contributed by atoms with Gasteiger partial charge in [0.15, 0.2) is 0 Å². The second-order valence-corrected chi connectivity index (χ2v) is 5.57. The van der Waals surface area contributed by atoms with Gasteiger partial charge in [0.05, 0.1) is 6.61 Å². The van der Waals surface area contributed by atoms with Crippen molar-refractivity contribution in [3.05, 3.63) is 0 Å². The summed E-state index contributed by atoms with van der Waals surface area (Å²) in [5, 5.41) is 2.93. The van der Waals surface area contributed by atoms with Gasteiger partial charge < -0.3 is 15.0 Å². The molecule has 102 valence electrons. The number of carbonyl (C=O) groups is 2. The van der Waals surface area contributed by atoms with Gasteiger partial charge in [-0.3, -0.25) is 9.59 Å². The summed E-state index contributed by atoms with van der Waals surface area (Å²) in [5.74, 6) is 0.315. The van der Waals surface area contributed by atoms with Gasteiger partial charge in [-0.1, -0.05) is 0 Å². The van der Waals surface area contributed by atoms with Gasteiger partial charge in [0.1, 0.15) is 5.54 Å². The summed E-state index contributed by atoms with van der Waals surface area (Å²) < 4.78 is 5.05. The van der Waals surface area contributed by atoms with Crippen LogP contribution in [0.2, 0.25) is 0 Å². The summed E-state index contributed by atoms with van der Waals surface area (Å²) in [5.41, 5.74) is -0.713. The highest BCUT2D eigenvalue weighted by atomic mass is 16.5. The van der Waals surface area contributed by atoms with E-state index in [9.17, 15) is 9.59 Å². The molecule has 0 aromatic rings. The molecule has 1 aliphatic carbocycles. The Bertz CT molecular complexity index is 354. The Morgan fingerprint density at radius 2 is 2.11 bits per heavy atom. The summed E-state index contributed by atoms with van der Waals surface area (Å²) in [6.07, 6.45) is 2.42. The van der Waals surface area contributed by atoms with Crippen LogP contribution in [0, 0.1) is 5.92 Å². The van der Waals surface area contributed by atoms with Gasteiger partial charge in [-0.15, -0.1) is 0 Å². The summed E-state index contributed by atoms with van der Waals surface area (Å²) in [7, 11) is 1.62. The Balaban J connectivity index is 2.21. The van der Waals surface area contributed by atoms with Crippen LogP contribution in [-0.4, -0.2) is 48.6 Å². The molecule has 2 unspecified atom stereocenters. The van der Waals surface area contributed by atoms with E-state index in [1.807, 2.05) is 13.8 Å². The molecule has 1 saturated heterocycles. The van der Waals surface area contributed by atoms with E-state index in [4.69, 9.17) is 4.74 Å². The maximum Gasteiger partial charge on any atom is 0.248 e. The molecular formula is C13H22N2O3. The normalized spacial score (nSPS) is 33.3. The average Bonchev–Trinajstić information content (AvgIpc) is 3.11. The van der Waals surface area contributed by atoms with Gasteiger partial charge in [-0.05, 0) is 32.6 Å². The SMILES string of the molecule is COCCN1C(=O)C(C)(C2CC2)NC(=O)CC1C. The van der Waals surface area contributed by atoms with Crippen molar-refractivity contribution in [2.24, 2.45) is 5.92 Å². The lowest BCUT2D eigenvalue weighted by molar-refractivity contribution is -0.141. The van der Waals surface area contributed by atoms with Crippen LogP contribution in [0.3, 0.4) is 0 Å². The zero-order valence-corrected chi connectivity index (χ0v) is 11.4. The number of amides is 2. The molecule has 2 rings (SSSR count). The fraction of sp³-hybridized carbons (Fsp3) is 0.846. The third-order valence-corrected chi connectivity index (χ3v) is 4.05. The molecule has 1 N–H and O–H groups in total. The summed E-state index contributed by atoms with van der Waals surface area (Å²) >= 11 is 0. The first-order valence-corrected chi connectivity index (χ1v) is 6.60. The van der Waals surface area contributed by atoms with Crippen molar-refractivity contribution in [1.29, 1.82) is 0 Å². The molecule has 2 amide bonds. The van der Waals surface area contributed by atoms with Crippen molar-refractivity contribution in [2.45, 2.75) is 44.7 Å². The number of carbonyl (C=O) groups excluding carboxylic acids is 2. The Kier molecular flexibility index (Phi) is 3.61. The smallest absolute Gasteiger partial charge is 0.248 e. The fourth-order valence-corrected chi connectivity index (χ4v) is 2.72. The van der Waals surface area contributed by atoms with Crippen molar-refractivity contribution >= 4 is 11.8 Å². The Morgan fingerprint density at radius 1 is 1.44 bits per heavy atom. The molecule has 1 saturated carbocycles. The van der Waals surface area contributed by atoms with E-state index in [1.54, 1.807) is 12.0 Å². The molecule has 5 heteroatoms. The number of methoxy groups -OCH3 is 1. The number of rotatable bonds is 4. The Morgan fingerprint density at radius 3 is 2.67 bits per heavy atom. The average molecular weight is 254 g/mol. The van der Waals surface area contributed by atoms with Crippen molar-refractivity contribution in [3.8, 4) is 0 Å². The number of hydrogen-bond donors (Lipinski definition) is 1. The van der Waals surface area contributed by atoms with Gasteiger partial charge in [0.2, 0.25) is 11.8 Å². The first-order chi connectivity index (χ1) is 8.49. The van der Waals surface area contributed by atoms with Crippen molar-refractivity contribution in [3.63, 3.8) is 0 Å². The zero-order chi connectivity index (χ0) is 13.3. The highest BCUT2D eigenvalue weighted by Gasteiger charge is 2.52. The van der Waals surface area contributed by atoms with E-state index >= 15 is 0 Å². The van der Waals surface area contributed by atoms with Crippen LogP contribution in [0.25, 0.3) is 0 Å². The molecule has 0 spiro atoms. The molecule has 2 atom stereocenters. The largest absolute Gasteiger partial charge is 0.383 e. The van der Waals surface area contributed by atoms with Crippen LogP contribution >= 0.6 is 0 Å². The van der Waals surface area contributed by atoms with Crippen LogP contribution in [0.1, 0.15) is 33.1 Å². The number of hydrogen-bond acceptors (Lipinski definition) is 3. The molecule has 5 nitrogen and oxygen atoms in total. The first kappa shape index (κ1) is 13.3. The third kappa shape index (κ3) is 2.36. The maximum atomic E-state index is 12.7.